The molecule has 2 rings (SSSR count). The van der Waals surface area contributed by atoms with Crippen molar-refractivity contribution in [2.45, 2.75) is 31.8 Å². The highest BCUT2D eigenvalue weighted by molar-refractivity contribution is 5.70. The van der Waals surface area contributed by atoms with E-state index in [1.807, 2.05) is 20.2 Å². The SMILES string of the molecule is CC1CC(C(=O)O)CC(c2cnn(C)c2)N1. The number of aryl methyl sites for hydroxylation is 1. The standard InChI is InChI=1S/C11H17N3O2/c1-7-3-8(11(15)16)4-10(13-7)9-5-12-14(2)6-9/h5-8,10,13H,3-4H2,1-2H3,(H,15,16). The monoisotopic (exact) mass is 223 g/mol. The van der Waals surface area contributed by atoms with Crippen molar-refractivity contribution < 1.29 is 9.90 Å². The first-order chi connectivity index (χ1) is 7.56. The van der Waals surface area contributed by atoms with Gasteiger partial charge in [-0.2, -0.15) is 5.10 Å². The van der Waals surface area contributed by atoms with Gasteiger partial charge in [0.15, 0.2) is 0 Å². The third-order valence-corrected chi connectivity index (χ3v) is 3.12. The molecule has 0 saturated carbocycles. The number of piperidine rings is 1. The summed E-state index contributed by atoms with van der Waals surface area (Å²) in [5, 5.41) is 16.6. The lowest BCUT2D eigenvalue weighted by Gasteiger charge is -2.32. The van der Waals surface area contributed by atoms with Crippen LogP contribution in [0, 0.1) is 5.92 Å². The summed E-state index contributed by atoms with van der Waals surface area (Å²) in [5.74, 6) is -0.941. The highest BCUT2D eigenvalue weighted by Crippen LogP contribution is 2.29. The van der Waals surface area contributed by atoms with E-state index in [1.54, 1.807) is 10.9 Å². The van der Waals surface area contributed by atoms with E-state index in [2.05, 4.69) is 10.4 Å². The van der Waals surface area contributed by atoms with Crippen LogP contribution in [-0.4, -0.2) is 26.9 Å². The lowest BCUT2D eigenvalue weighted by Crippen LogP contribution is -2.40. The molecule has 5 nitrogen and oxygen atoms in total. The van der Waals surface area contributed by atoms with Gasteiger partial charge in [-0.15, -0.1) is 0 Å². The number of aromatic nitrogens is 2. The molecule has 3 atom stereocenters. The number of nitrogens with zero attached hydrogens (tertiary/aromatic N) is 2. The van der Waals surface area contributed by atoms with E-state index in [9.17, 15) is 4.79 Å². The first kappa shape index (κ1) is 11.1. The fourth-order valence-electron chi connectivity index (χ4n) is 2.34. The Balaban J connectivity index is 2.13. The Morgan fingerprint density at radius 3 is 2.94 bits per heavy atom. The molecule has 0 aromatic carbocycles. The molecule has 1 saturated heterocycles. The minimum Gasteiger partial charge on any atom is -0.481 e. The molecule has 0 bridgehead atoms. The van der Waals surface area contributed by atoms with Crippen LogP contribution in [-0.2, 0) is 11.8 Å². The summed E-state index contributed by atoms with van der Waals surface area (Å²) in [4.78, 5) is 11.0. The number of hydrogen-bond donors (Lipinski definition) is 2. The van der Waals surface area contributed by atoms with Crippen LogP contribution in [0.25, 0.3) is 0 Å². The van der Waals surface area contributed by atoms with Gasteiger partial charge in [0.25, 0.3) is 0 Å². The van der Waals surface area contributed by atoms with Crippen molar-refractivity contribution in [1.82, 2.24) is 15.1 Å². The molecule has 16 heavy (non-hydrogen) atoms. The molecule has 0 spiro atoms. The molecule has 1 aliphatic heterocycles. The van der Waals surface area contributed by atoms with Gasteiger partial charge < -0.3 is 10.4 Å². The Kier molecular flexibility index (Phi) is 2.96. The van der Waals surface area contributed by atoms with Crippen LogP contribution >= 0.6 is 0 Å². The molecule has 1 aromatic rings. The van der Waals surface area contributed by atoms with Crippen molar-refractivity contribution in [3.05, 3.63) is 18.0 Å². The van der Waals surface area contributed by atoms with Gasteiger partial charge in [0.05, 0.1) is 12.1 Å². The summed E-state index contributed by atoms with van der Waals surface area (Å²) >= 11 is 0. The van der Waals surface area contributed by atoms with Gasteiger partial charge in [0.2, 0.25) is 0 Å². The number of hydrogen-bond acceptors (Lipinski definition) is 3. The van der Waals surface area contributed by atoms with Crippen LogP contribution in [0.15, 0.2) is 12.4 Å². The topological polar surface area (TPSA) is 67.1 Å². The third-order valence-electron chi connectivity index (χ3n) is 3.12. The average Bonchev–Trinajstić information content (AvgIpc) is 2.64. The molecule has 5 heteroatoms. The zero-order valence-corrected chi connectivity index (χ0v) is 9.55. The Labute approximate surface area is 94.5 Å². The Bertz CT molecular complexity index is 388. The number of carboxylic acid groups (broad SMARTS) is 1. The van der Waals surface area contributed by atoms with Crippen molar-refractivity contribution in [3.63, 3.8) is 0 Å². The Morgan fingerprint density at radius 1 is 1.62 bits per heavy atom. The Hall–Kier alpha value is -1.36. The maximum atomic E-state index is 11.0. The van der Waals surface area contributed by atoms with E-state index in [4.69, 9.17) is 5.11 Å². The minimum atomic E-state index is -0.692. The fourth-order valence-corrected chi connectivity index (χ4v) is 2.34. The average molecular weight is 223 g/mol. The summed E-state index contributed by atoms with van der Waals surface area (Å²) < 4.78 is 1.74. The zero-order valence-electron chi connectivity index (χ0n) is 9.55. The van der Waals surface area contributed by atoms with Crippen molar-refractivity contribution in [2.75, 3.05) is 0 Å². The summed E-state index contributed by atoms with van der Waals surface area (Å²) in [6.45, 7) is 2.03. The maximum absolute atomic E-state index is 11.0. The number of carboxylic acids is 1. The van der Waals surface area contributed by atoms with Crippen molar-refractivity contribution in [2.24, 2.45) is 13.0 Å². The summed E-state index contributed by atoms with van der Waals surface area (Å²) in [6, 6.07) is 0.346. The third kappa shape index (κ3) is 2.24. The van der Waals surface area contributed by atoms with E-state index in [0.29, 0.717) is 12.8 Å². The van der Waals surface area contributed by atoms with E-state index < -0.39 is 5.97 Å². The minimum absolute atomic E-state index is 0.110. The first-order valence-electron chi connectivity index (χ1n) is 5.53. The second kappa shape index (κ2) is 4.25. The molecular formula is C11H17N3O2. The van der Waals surface area contributed by atoms with Crippen LogP contribution in [0.2, 0.25) is 0 Å². The van der Waals surface area contributed by atoms with Crippen LogP contribution < -0.4 is 5.32 Å². The van der Waals surface area contributed by atoms with E-state index in [0.717, 1.165) is 5.56 Å². The van der Waals surface area contributed by atoms with Crippen LogP contribution in [0.5, 0.6) is 0 Å². The number of rotatable bonds is 2. The smallest absolute Gasteiger partial charge is 0.306 e. The lowest BCUT2D eigenvalue weighted by atomic mass is 9.86. The predicted octanol–water partition coefficient (Wildman–Crippen LogP) is 0.934. The molecule has 1 aliphatic rings. The van der Waals surface area contributed by atoms with Gasteiger partial charge in [-0.1, -0.05) is 0 Å². The second-order valence-electron chi connectivity index (χ2n) is 4.57. The van der Waals surface area contributed by atoms with Crippen molar-refractivity contribution in [3.8, 4) is 0 Å². The van der Waals surface area contributed by atoms with Gasteiger partial charge in [-0.25, -0.2) is 0 Å². The molecule has 0 amide bonds. The summed E-state index contributed by atoms with van der Waals surface area (Å²) in [6.07, 6.45) is 5.08. The molecule has 2 N–H and O–H groups in total. The molecule has 0 aliphatic carbocycles. The van der Waals surface area contributed by atoms with Crippen LogP contribution in [0.3, 0.4) is 0 Å². The Morgan fingerprint density at radius 2 is 2.38 bits per heavy atom. The van der Waals surface area contributed by atoms with E-state index in [1.165, 1.54) is 0 Å². The largest absolute Gasteiger partial charge is 0.481 e. The quantitative estimate of drug-likeness (QED) is 0.782. The lowest BCUT2D eigenvalue weighted by molar-refractivity contribution is -0.143. The maximum Gasteiger partial charge on any atom is 0.306 e. The zero-order chi connectivity index (χ0) is 11.7. The van der Waals surface area contributed by atoms with E-state index in [-0.39, 0.29) is 18.0 Å². The second-order valence-corrected chi connectivity index (χ2v) is 4.57. The molecule has 88 valence electrons. The van der Waals surface area contributed by atoms with Gasteiger partial charge in [0.1, 0.15) is 0 Å². The molecule has 1 aromatic heterocycles. The van der Waals surface area contributed by atoms with Gasteiger partial charge in [0, 0.05) is 30.9 Å². The van der Waals surface area contributed by atoms with Crippen LogP contribution in [0.1, 0.15) is 31.4 Å². The van der Waals surface area contributed by atoms with Crippen molar-refractivity contribution in [1.29, 1.82) is 0 Å². The number of carbonyl (C=O) groups is 1. The predicted molar refractivity (Wildman–Crippen MR) is 58.9 cm³/mol. The van der Waals surface area contributed by atoms with Gasteiger partial charge in [-0.05, 0) is 19.8 Å². The number of nitrogens with one attached hydrogen (secondary N) is 1. The first-order valence-corrected chi connectivity index (χ1v) is 5.53. The van der Waals surface area contributed by atoms with Gasteiger partial charge in [-0.3, -0.25) is 9.48 Å². The summed E-state index contributed by atoms with van der Waals surface area (Å²) in [5.41, 5.74) is 1.07. The van der Waals surface area contributed by atoms with E-state index >= 15 is 0 Å². The molecular weight excluding hydrogens is 206 g/mol. The van der Waals surface area contributed by atoms with Gasteiger partial charge >= 0.3 is 5.97 Å². The molecule has 3 unspecified atom stereocenters. The molecule has 2 heterocycles. The van der Waals surface area contributed by atoms with Crippen LogP contribution in [0.4, 0.5) is 0 Å². The van der Waals surface area contributed by atoms with Crippen molar-refractivity contribution >= 4 is 5.97 Å². The highest BCUT2D eigenvalue weighted by atomic mass is 16.4. The fraction of sp³-hybridized carbons (Fsp3) is 0.636. The normalized spacial score (nSPS) is 30.2. The molecule has 0 radical (unpaired) electrons. The summed E-state index contributed by atoms with van der Waals surface area (Å²) in [7, 11) is 1.87. The highest BCUT2D eigenvalue weighted by Gasteiger charge is 2.31. The molecule has 1 fully saturated rings. The number of aliphatic carboxylic acids is 1.